The second-order valence-electron chi connectivity index (χ2n) is 8.57. The van der Waals surface area contributed by atoms with E-state index in [1.54, 1.807) is 11.3 Å². The van der Waals surface area contributed by atoms with E-state index in [0.717, 1.165) is 38.6 Å². The van der Waals surface area contributed by atoms with Crippen molar-refractivity contribution in [3.63, 3.8) is 0 Å². The van der Waals surface area contributed by atoms with Gasteiger partial charge in [0.25, 0.3) is 0 Å². The van der Waals surface area contributed by atoms with Crippen LogP contribution in [0.1, 0.15) is 21.8 Å². The van der Waals surface area contributed by atoms with Crippen molar-refractivity contribution >= 4 is 56.2 Å². The van der Waals surface area contributed by atoms with Gasteiger partial charge in [-0.15, -0.1) is 21.5 Å². The molecule has 0 atom stereocenters. The summed E-state index contributed by atoms with van der Waals surface area (Å²) < 4.78 is 2.01. The molecule has 3 heterocycles. The molecule has 5 rings (SSSR count). The number of fused-ring (bicyclic) bond motifs is 3. The minimum absolute atomic E-state index is 0.0921. The fraction of sp³-hybridized carbons (Fsp3) is 0.231. The predicted octanol–water partition coefficient (Wildman–Crippen LogP) is 5.34. The summed E-state index contributed by atoms with van der Waals surface area (Å²) in [6, 6.07) is 18.0. The van der Waals surface area contributed by atoms with Crippen molar-refractivity contribution in [2.45, 2.75) is 25.4 Å². The molecule has 178 valence electrons. The molecule has 0 bridgehead atoms. The lowest BCUT2D eigenvalue weighted by molar-refractivity contribution is -0.113. The summed E-state index contributed by atoms with van der Waals surface area (Å²) in [4.78, 5) is 21.9. The van der Waals surface area contributed by atoms with E-state index >= 15 is 0 Å². The fourth-order valence-corrected chi connectivity index (χ4v) is 5.74. The minimum atomic E-state index is -0.0921. The number of nitrogens with one attached hydrogen (secondary N) is 1. The van der Waals surface area contributed by atoms with Gasteiger partial charge < -0.3 is 10.2 Å². The third kappa shape index (κ3) is 4.74. The van der Waals surface area contributed by atoms with Crippen molar-refractivity contribution in [2.24, 2.45) is 0 Å². The maximum Gasteiger partial charge on any atom is 0.234 e. The highest BCUT2D eigenvalue weighted by Crippen LogP contribution is 2.34. The van der Waals surface area contributed by atoms with Crippen LogP contribution in [-0.2, 0) is 11.2 Å². The van der Waals surface area contributed by atoms with Gasteiger partial charge in [-0.2, -0.15) is 0 Å². The Bertz CT molecular complexity index is 1510. The summed E-state index contributed by atoms with van der Waals surface area (Å²) in [5, 5.41) is 13.7. The summed E-state index contributed by atoms with van der Waals surface area (Å²) in [5.74, 6) is 0.999. The van der Waals surface area contributed by atoms with Gasteiger partial charge in [0.2, 0.25) is 5.91 Å². The molecule has 35 heavy (non-hydrogen) atoms. The van der Waals surface area contributed by atoms with Crippen LogP contribution in [0.4, 0.5) is 11.4 Å². The SMILES string of the molecule is Cc1sc2nc(Cc3ccccc3)n3c(SCC(=O)Nc4ccc(N(C)C)cc4)nnc3c2c1C. The first-order valence-electron chi connectivity index (χ1n) is 11.3. The van der Waals surface area contributed by atoms with Gasteiger partial charge in [0.05, 0.1) is 11.1 Å². The van der Waals surface area contributed by atoms with Gasteiger partial charge in [0.15, 0.2) is 10.8 Å². The molecule has 2 aromatic carbocycles. The Balaban J connectivity index is 1.43. The lowest BCUT2D eigenvalue weighted by Gasteiger charge is -2.13. The first-order valence-corrected chi connectivity index (χ1v) is 13.1. The number of carbonyl (C=O) groups is 1. The maximum absolute atomic E-state index is 12.7. The molecule has 0 saturated carbocycles. The molecule has 1 N–H and O–H groups in total. The van der Waals surface area contributed by atoms with Crippen LogP contribution >= 0.6 is 23.1 Å². The number of carbonyl (C=O) groups excluding carboxylic acids is 1. The highest BCUT2D eigenvalue weighted by Gasteiger charge is 2.20. The molecule has 3 aromatic heterocycles. The highest BCUT2D eigenvalue weighted by molar-refractivity contribution is 7.99. The summed E-state index contributed by atoms with van der Waals surface area (Å²) in [6.07, 6.45) is 0.652. The molecule has 0 aliphatic heterocycles. The Kier molecular flexibility index (Phi) is 6.44. The molecule has 0 radical (unpaired) electrons. The zero-order chi connectivity index (χ0) is 24.5. The maximum atomic E-state index is 12.7. The van der Waals surface area contributed by atoms with Crippen molar-refractivity contribution in [3.8, 4) is 0 Å². The van der Waals surface area contributed by atoms with Crippen LogP contribution in [0.5, 0.6) is 0 Å². The molecule has 0 aliphatic rings. The van der Waals surface area contributed by atoms with Gasteiger partial charge in [0, 0.05) is 36.8 Å². The van der Waals surface area contributed by atoms with Gasteiger partial charge in [-0.25, -0.2) is 4.98 Å². The van der Waals surface area contributed by atoms with E-state index in [0.29, 0.717) is 11.6 Å². The van der Waals surface area contributed by atoms with Gasteiger partial charge >= 0.3 is 0 Å². The molecular formula is C26H26N6OS2. The topological polar surface area (TPSA) is 75.4 Å². The Morgan fingerprint density at radius 3 is 2.51 bits per heavy atom. The van der Waals surface area contributed by atoms with Crippen molar-refractivity contribution in [2.75, 3.05) is 30.1 Å². The normalized spacial score (nSPS) is 11.3. The first-order chi connectivity index (χ1) is 16.9. The number of nitrogens with zero attached hydrogens (tertiary/aromatic N) is 5. The number of hydrogen-bond donors (Lipinski definition) is 1. The van der Waals surface area contributed by atoms with Gasteiger partial charge in [0.1, 0.15) is 10.7 Å². The highest BCUT2D eigenvalue weighted by atomic mass is 32.2. The fourth-order valence-electron chi connectivity index (χ4n) is 3.94. The van der Waals surface area contributed by atoms with E-state index in [1.165, 1.54) is 22.2 Å². The minimum Gasteiger partial charge on any atom is -0.378 e. The first kappa shape index (κ1) is 23.3. The molecule has 1 amide bonds. The molecule has 0 aliphatic carbocycles. The molecule has 9 heteroatoms. The van der Waals surface area contributed by atoms with Crippen LogP contribution in [0.25, 0.3) is 15.9 Å². The standard InChI is InChI=1S/C26H26N6OS2/c1-16-17(2)35-25-23(16)24-29-30-26(32(24)21(28-25)14-18-8-6-5-7-9-18)34-15-22(33)27-19-10-12-20(13-11-19)31(3)4/h5-13H,14-15H2,1-4H3,(H,27,33). The molecule has 7 nitrogen and oxygen atoms in total. The lowest BCUT2D eigenvalue weighted by Crippen LogP contribution is -2.15. The molecule has 0 unspecified atom stereocenters. The second kappa shape index (κ2) is 9.67. The number of rotatable bonds is 7. The third-order valence-electron chi connectivity index (χ3n) is 5.92. The average molecular weight is 503 g/mol. The van der Waals surface area contributed by atoms with Gasteiger partial charge in [-0.05, 0) is 49.2 Å². The molecule has 0 fully saturated rings. The van der Waals surface area contributed by atoms with Crippen molar-refractivity contribution in [1.29, 1.82) is 0 Å². The molecule has 5 aromatic rings. The van der Waals surface area contributed by atoms with Crippen LogP contribution in [0.2, 0.25) is 0 Å². The Morgan fingerprint density at radius 1 is 1.06 bits per heavy atom. The summed E-state index contributed by atoms with van der Waals surface area (Å²) in [6.45, 7) is 4.21. The Morgan fingerprint density at radius 2 is 1.80 bits per heavy atom. The van der Waals surface area contributed by atoms with Crippen LogP contribution in [0.3, 0.4) is 0 Å². The van der Waals surface area contributed by atoms with E-state index < -0.39 is 0 Å². The third-order valence-corrected chi connectivity index (χ3v) is 7.95. The van der Waals surface area contributed by atoms with Crippen LogP contribution < -0.4 is 10.2 Å². The van der Waals surface area contributed by atoms with Gasteiger partial charge in [-0.1, -0.05) is 42.1 Å². The number of thiophene rings is 1. The van der Waals surface area contributed by atoms with Crippen molar-refractivity contribution < 1.29 is 4.79 Å². The zero-order valence-electron chi connectivity index (χ0n) is 20.1. The van der Waals surface area contributed by atoms with E-state index in [9.17, 15) is 4.79 Å². The number of hydrogen-bond acceptors (Lipinski definition) is 7. The monoisotopic (exact) mass is 502 g/mol. The second-order valence-corrected chi connectivity index (χ2v) is 10.7. The summed E-state index contributed by atoms with van der Waals surface area (Å²) >= 11 is 3.05. The number of thioether (sulfide) groups is 1. The lowest BCUT2D eigenvalue weighted by atomic mass is 10.1. The van der Waals surface area contributed by atoms with E-state index in [2.05, 4.69) is 41.5 Å². The van der Waals surface area contributed by atoms with Gasteiger partial charge in [-0.3, -0.25) is 9.20 Å². The number of amides is 1. The smallest absolute Gasteiger partial charge is 0.234 e. The molecule has 0 saturated heterocycles. The summed E-state index contributed by atoms with van der Waals surface area (Å²) in [7, 11) is 3.97. The summed E-state index contributed by atoms with van der Waals surface area (Å²) in [5.41, 5.74) is 4.98. The zero-order valence-corrected chi connectivity index (χ0v) is 21.7. The van der Waals surface area contributed by atoms with Crippen LogP contribution in [-0.4, -0.2) is 45.3 Å². The predicted molar refractivity (Wildman–Crippen MR) is 145 cm³/mol. The number of aryl methyl sites for hydroxylation is 2. The number of benzene rings is 2. The van der Waals surface area contributed by atoms with Crippen LogP contribution in [0, 0.1) is 13.8 Å². The van der Waals surface area contributed by atoms with E-state index in [4.69, 9.17) is 4.98 Å². The van der Waals surface area contributed by atoms with Crippen molar-refractivity contribution in [3.05, 3.63) is 76.4 Å². The Hall–Kier alpha value is -3.43. The quantitative estimate of drug-likeness (QED) is 0.303. The van der Waals surface area contributed by atoms with Crippen LogP contribution in [0.15, 0.2) is 59.8 Å². The van der Waals surface area contributed by atoms with E-state index in [-0.39, 0.29) is 11.7 Å². The number of aromatic nitrogens is 4. The van der Waals surface area contributed by atoms with Crippen molar-refractivity contribution in [1.82, 2.24) is 19.6 Å². The van der Waals surface area contributed by atoms with E-state index in [1.807, 2.05) is 65.9 Å². The molecule has 0 spiro atoms. The Labute approximate surface area is 212 Å². The largest absolute Gasteiger partial charge is 0.378 e. The number of anilines is 2. The average Bonchev–Trinajstić information content (AvgIpc) is 3.39. The molecular weight excluding hydrogens is 476 g/mol.